The average Bonchev–Trinajstić information content (AvgIpc) is 2.35. The molecule has 1 saturated heterocycles. The van der Waals surface area contributed by atoms with Crippen LogP contribution in [0.25, 0.3) is 0 Å². The van der Waals surface area contributed by atoms with Crippen LogP contribution in [0.15, 0.2) is 28.7 Å². The number of nitrogens with zero attached hydrogens (tertiary/aromatic N) is 1. The molecule has 0 saturated carbocycles. The molecule has 2 atom stereocenters. The highest BCUT2D eigenvalue weighted by molar-refractivity contribution is 9.10. The lowest BCUT2D eigenvalue weighted by molar-refractivity contribution is 0.221. The molecule has 1 fully saturated rings. The third-order valence-corrected chi connectivity index (χ3v) is 5.40. The molecular formula is C14H21BrN2S. The van der Waals surface area contributed by atoms with Crippen molar-refractivity contribution in [3.63, 3.8) is 0 Å². The van der Waals surface area contributed by atoms with Crippen molar-refractivity contribution < 1.29 is 0 Å². The van der Waals surface area contributed by atoms with Crippen molar-refractivity contribution >= 4 is 33.4 Å². The van der Waals surface area contributed by atoms with Crippen LogP contribution in [0.3, 0.4) is 0 Å². The molecule has 4 heteroatoms. The number of hydrogen-bond donors (Lipinski definition) is 1. The van der Waals surface area contributed by atoms with E-state index < -0.39 is 0 Å². The van der Waals surface area contributed by atoms with Gasteiger partial charge in [-0.25, -0.2) is 0 Å². The summed E-state index contributed by atoms with van der Waals surface area (Å²) < 4.78 is 1.13. The summed E-state index contributed by atoms with van der Waals surface area (Å²) in [6.07, 6.45) is 0. The Kier molecular flexibility index (Phi) is 5.39. The minimum atomic E-state index is 0.688. The molecule has 2 rings (SSSR count). The van der Waals surface area contributed by atoms with Crippen molar-refractivity contribution in [3.8, 4) is 0 Å². The van der Waals surface area contributed by atoms with E-state index in [0.717, 1.165) is 22.8 Å². The number of halogens is 1. The SMILES string of the molecule is CC1SCCN(CCNc2cccc(Br)c2)C1C. The number of benzene rings is 1. The molecular weight excluding hydrogens is 308 g/mol. The van der Waals surface area contributed by atoms with Gasteiger partial charge in [-0.1, -0.05) is 28.9 Å². The zero-order valence-corrected chi connectivity index (χ0v) is 13.4. The van der Waals surface area contributed by atoms with Gasteiger partial charge >= 0.3 is 0 Å². The van der Waals surface area contributed by atoms with E-state index in [0.29, 0.717) is 6.04 Å². The van der Waals surface area contributed by atoms with Gasteiger partial charge in [0.1, 0.15) is 0 Å². The Hall–Kier alpha value is -0.190. The van der Waals surface area contributed by atoms with E-state index in [2.05, 4.69) is 76.0 Å². The van der Waals surface area contributed by atoms with E-state index in [1.807, 2.05) is 0 Å². The summed E-state index contributed by atoms with van der Waals surface area (Å²) in [6.45, 7) is 8.03. The van der Waals surface area contributed by atoms with Crippen molar-refractivity contribution in [1.82, 2.24) is 4.90 Å². The summed E-state index contributed by atoms with van der Waals surface area (Å²) in [5, 5.41) is 4.24. The minimum absolute atomic E-state index is 0.688. The molecule has 18 heavy (non-hydrogen) atoms. The number of thioether (sulfide) groups is 1. The van der Waals surface area contributed by atoms with E-state index in [-0.39, 0.29) is 0 Å². The standard InChI is InChI=1S/C14H21BrN2S/c1-11-12(2)18-9-8-17(11)7-6-16-14-5-3-4-13(15)10-14/h3-5,10-12,16H,6-9H2,1-2H3. The number of rotatable bonds is 4. The average molecular weight is 329 g/mol. The Morgan fingerprint density at radius 1 is 1.44 bits per heavy atom. The fourth-order valence-corrected chi connectivity index (χ4v) is 3.81. The molecule has 0 bridgehead atoms. The van der Waals surface area contributed by atoms with Gasteiger partial charge in [-0.05, 0) is 25.1 Å². The maximum atomic E-state index is 3.49. The molecule has 2 nitrogen and oxygen atoms in total. The smallest absolute Gasteiger partial charge is 0.0351 e. The molecule has 1 N–H and O–H groups in total. The van der Waals surface area contributed by atoms with E-state index in [4.69, 9.17) is 0 Å². The molecule has 0 aliphatic carbocycles. The Labute approximate surface area is 123 Å². The van der Waals surface area contributed by atoms with Crippen LogP contribution in [-0.4, -0.2) is 41.6 Å². The first kappa shape index (κ1) is 14.2. The molecule has 1 aromatic rings. The first-order valence-corrected chi connectivity index (χ1v) is 8.36. The van der Waals surface area contributed by atoms with Gasteiger partial charge in [0.15, 0.2) is 0 Å². The van der Waals surface area contributed by atoms with Crippen molar-refractivity contribution in [2.24, 2.45) is 0 Å². The molecule has 0 radical (unpaired) electrons. The predicted molar refractivity (Wildman–Crippen MR) is 85.6 cm³/mol. The summed E-state index contributed by atoms with van der Waals surface area (Å²) in [6, 6.07) is 9.04. The highest BCUT2D eigenvalue weighted by Crippen LogP contribution is 2.23. The quantitative estimate of drug-likeness (QED) is 0.907. The molecule has 1 aliphatic rings. The Bertz CT molecular complexity index is 386. The molecule has 2 unspecified atom stereocenters. The van der Waals surface area contributed by atoms with Crippen molar-refractivity contribution in [1.29, 1.82) is 0 Å². The number of hydrogen-bond acceptors (Lipinski definition) is 3. The van der Waals surface area contributed by atoms with Crippen LogP contribution in [0, 0.1) is 0 Å². The maximum Gasteiger partial charge on any atom is 0.0351 e. The lowest BCUT2D eigenvalue weighted by atomic mass is 10.2. The monoisotopic (exact) mass is 328 g/mol. The van der Waals surface area contributed by atoms with E-state index >= 15 is 0 Å². The van der Waals surface area contributed by atoms with Gasteiger partial charge in [0.05, 0.1) is 0 Å². The lowest BCUT2D eigenvalue weighted by Gasteiger charge is -2.37. The third-order valence-electron chi connectivity index (χ3n) is 3.57. The second kappa shape index (κ2) is 6.83. The zero-order chi connectivity index (χ0) is 13.0. The maximum absolute atomic E-state index is 3.49. The second-order valence-electron chi connectivity index (χ2n) is 4.79. The first-order chi connectivity index (χ1) is 8.66. The molecule has 0 aromatic heterocycles. The summed E-state index contributed by atoms with van der Waals surface area (Å²) in [7, 11) is 0. The summed E-state index contributed by atoms with van der Waals surface area (Å²) in [4.78, 5) is 2.59. The van der Waals surface area contributed by atoms with E-state index in [1.165, 1.54) is 18.0 Å². The van der Waals surface area contributed by atoms with Crippen LogP contribution in [0.2, 0.25) is 0 Å². The van der Waals surface area contributed by atoms with Gasteiger partial charge in [0.25, 0.3) is 0 Å². The van der Waals surface area contributed by atoms with Gasteiger partial charge in [-0.2, -0.15) is 11.8 Å². The lowest BCUT2D eigenvalue weighted by Crippen LogP contribution is -2.46. The fraction of sp³-hybridized carbons (Fsp3) is 0.571. The van der Waals surface area contributed by atoms with Crippen LogP contribution in [0.4, 0.5) is 5.69 Å². The normalized spacial score (nSPS) is 25.1. The number of nitrogens with one attached hydrogen (secondary N) is 1. The van der Waals surface area contributed by atoms with Gasteiger partial charge in [-0.15, -0.1) is 0 Å². The Balaban J connectivity index is 1.78. The highest BCUT2D eigenvalue weighted by atomic mass is 79.9. The van der Waals surface area contributed by atoms with Gasteiger partial charge < -0.3 is 5.32 Å². The number of anilines is 1. The van der Waals surface area contributed by atoms with Crippen molar-refractivity contribution in [2.45, 2.75) is 25.1 Å². The van der Waals surface area contributed by atoms with Crippen LogP contribution < -0.4 is 5.32 Å². The highest BCUT2D eigenvalue weighted by Gasteiger charge is 2.24. The van der Waals surface area contributed by atoms with Gasteiger partial charge in [0, 0.05) is 46.8 Å². The molecule has 100 valence electrons. The molecule has 1 aromatic carbocycles. The summed E-state index contributed by atoms with van der Waals surface area (Å²) in [5.74, 6) is 1.27. The van der Waals surface area contributed by atoms with Crippen molar-refractivity contribution in [3.05, 3.63) is 28.7 Å². The van der Waals surface area contributed by atoms with Gasteiger partial charge in [0.2, 0.25) is 0 Å². The van der Waals surface area contributed by atoms with Crippen LogP contribution in [-0.2, 0) is 0 Å². The minimum Gasteiger partial charge on any atom is -0.384 e. The van der Waals surface area contributed by atoms with Crippen LogP contribution in [0.5, 0.6) is 0 Å². The largest absolute Gasteiger partial charge is 0.384 e. The first-order valence-electron chi connectivity index (χ1n) is 6.52. The molecule has 0 amide bonds. The second-order valence-corrected chi connectivity index (χ2v) is 7.19. The van der Waals surface area contributed by atoms with E-state index in [1.54, 1.807) is 0 Å². The van der Waals surface area contributed by atoms with Crippen molar-refractivity contribution in [2.75, 3.05) is 30.7 Å². The fourth-order valence-electron chi connectivity index (χ4n) is 2.25. The molecule has 1 heterocycles. The third kappa shape index (κ3) is 3.90. The molecule has 1 aliphatic heterocycles. The van der Waals surface area contributed by atoms with Gasteiger partial charge in [-0.3, -0.25) is 4.90 Å². The Morgan fingerprint density at radius 2 is 2.28 bits per heavy atom. The van der Waals surface area contributed by atoms with Crippen LogP contribution >= 0.6 is 27.7 Å². The predicted octanol–water partition coefficient (Wildman–Crippen LogP) is 3.69. The van der Waals surface area contributed by atoms with Crippen LogP contribution in [0.1, 0.15) is 13.8 Å². The van der Waals surface area contributed by atoms with E-state index in [9.17, 15) is 0 Å². The zero-order valence-electron chi connectivity index (χ0n) is 11.0. The summed E-state index contributed by atoms with van der Waals surface area (Å²) in [5.41, 5.74) is 1.19. The molecule has 0 spiro atoms. The Morgan fingerprint density at radius 3 is 3.06 bits per heavy atom. The summed E-state index contributed by atoms with van der Waals surface area (Å²) >= 11 is 5.59. The topological polar surface area (TPSA) is 15.3 Å².